The molecule has 0 saturated carbocycles. The Labute approximate surface area is 166 Å². The number of carboxylic acid groups (broad SMARTS) is 1. The molecule has 4 rings (SSSR count). The largest absolute Gasteiger partial charge is 0.477 e. The number of hydrogen-bond donors (Lipinski definition) is 2. The van der Waals surface area contributed by atoms with Gasteiger partial charge >= 0.3 is 5.97 Å². The first-order valence-corrected chi connectivity index (χ1v) is 11.0. The predicted molar refractivity (Wildman–Crippen MR) is 111 cm³/mol. The SMILES string of the molecule is Cc1ccccc1S(=O)(=O)Cc1cc(-c2ccc3[nH]ccc3c2)sc1C(=O)O. The summed E-state index contributed by atoms with van der Waals surface area (Å²) in [5, 5.41) is 10.6. The van der Waals surface area contributed by atoms with E-state index in [-0.39, 0.29) is 15.5 Å². The summed E-state index contributed by atoms with van der Waals surface area (Å²) < 4.78 is 25.8. The molecule has 0 unspecified atom stereocenters. The van der Waals surface area contributed by atoms with Crippen LogP contribution in [-0.4, -0.2) is 24.5 Å². The minimum absolute atomic E-state index is 0.0568. The van der Waals surface area contributed by atoms with E-state index in [0.717, 1.165) is 32.7 Å². The number of H-pyrrole nitrogens is 1. The van der Waals surface area contributed by atoms with Crippen molar-refractivity contribution in [1.82, 2.24) is 4.98 Å². The number of hydrogen-bond acceptors (Lipinski definition) is 4. The van der Waals surface area contributed by atoms with E-state index in [0.29, 0.717) is 11.1 Å². The van der Waals surface area contributed by atoms with E-state index >= 15 is 0 Å². The molecule has 0 amide bonds. The number of sulfone groups is 1. The standard InChI is InChI=1S/C21H17NO4S2/c1-13-4-2-3-5-19(13)28(25,26)12-16-11-18(27-20(16)21(23)24)15-6-7-17-14(10-15)8-9-22-17/h2-11,22H,12H2,1H3,(H,23,24). The van der Waals surface area contributed by atoms with Crippen LogP contribution in [0.5, 0.6) is 0 Å². The van der Waals surface area contributed by atoms with Crippen LogP contribution >= 0.6 is 11.3 Å². The van der Waals surface area contributed by atoms with Crippen LogP contribution in [0.4, 0.5) is 0 Å². The lowest BCUT2D eigenvalue weighted by atomic mass is 10.1. The Hall–Kier alpha value is -2.90. The number of nitrogens with one attached hydrogen (secondary N) is 1. The molecule has 0 aliphatic heterocycles. The number of benzene rings is 2. The number of aromatic nitrogens is 1. The van der Waals surface area contributed by atoms with Gasteiger partial charge in [-0.2, -0.15) is 0 Å². The van der Waals surface area contributed by atoms with Crippen LogP contribution in [0.25, 0.3) is 21.3 Å². The highest BCUT2D eigenvalue weighted by Gasteiger charge is 2.24. The minimum atomic E-state index is -3.66. The summed E-state index contributed by atoms with van der Waals surface area (Å²) in [6.45, 7) is 1.73. The van der Waals surface area contributed by atoms with Crippen LogP contribution in [-0.2, 0) is 15.6 Å². The van der Waals surface area contributed by atoms with Crippen LogP contribution in [0.3, 0.4) is 0 Å². The Kier molecular flexibility index (Phi) is 4.56. The molecule has 142 valence electrons. The van der Waals surface area contributed by atoms with Gasteiger partial charge in [-0.05, 0) is 59.3 Å². The van der Waals surface area contributed by atoms with Crippen LogP contribution in [0.1, 0.15) is 20.8 Å². The lowest BCUT2D eigenvalue weighted by Crippen LogP contribution is -2.08. The van der Waals surface area contributed by atoms with Crippen molar-refractivity contribution in [3.05, 3.63) is 76.8 Å². The van der Waals surface area contributed by atoms with Crippen molar-refractivity contribution < 1.29 is 18.3 Å². The number of aromatic carboxylic acids is 1. The fourth-order valence-electron chi connectivity index (χ4n) is 3.25. The zero-order valence-electron chi connectivity index (χ0n) is 15.0. The third-order valence-corrected chi connectivity index (χ3v) is 7.65. The molecule has 2 aromatic carbocycles. The number of thiophene rings is 1. The van der Waals surface area contributed by atoms with Crippen LogP contribution < -0.4 is 0 Å². The molecule has 28 heavy (non-hydrogen) atoms. The summed E-state index contributed by atoms with van der Waals surface area (Å²) in [4.78, 5) is 15.9. The molecule has 0 radical (unpaired) electrons. The van der Waals surface area contributed by atoms with E-state index in [1.54, 1.807) is 37.3 Å². The molecule has 2 N–H and O–H groups in total. The molecule has 2 aromatic heterocycles. The van der Waals surface area contributed by atoms with E-state index in [2.05, 4.69) is 4.98 Å². The van der Waals surface area contributed by atoms with E-state index in [1.807, 2.05) is 30.5 Å². The van der Waals surface area contributed by atoms with E-state index in [1.165, 1.54) is 0 Å². The molecule has 0 aliphatic rings. The Morgan fingerprint density at radius 2 is 1.89 bits per heavy atom. The van der Waals surface area contributed by atoms with Gasteiger partial charge in [0.05, 0.1) is 10.6 Å². The van der Waals surface area contributed by atoms with Crippen LogP contribution in [0.2, 0.25) is 0 Å². The van der Waals surface area contributed by atoms with Crippen molar-refractivity contribution in [2.45, 2.75) is 17.6 Å². The number of aromatic amines is 1. The number of rotatable bonds is 5. The van der Waals surface area contributed by atoms with Gasteiger partial charge in [-0.1, -0.05) is 24.3 Å². The highest BCUT2D eigenvalue weighted by Crippen LogP contribution is 2.35. The molecule has 0 saturated heterocycles. The summed E-state index contributed by atoms with van der Waals surface area (Å²) in [5.41, 5.74) is 2.80. The number of fused-ring (bicyclic) bond motifs is 1. The second kappa shape index (κ2) is 6.92. The maximum atomic E-state index is 12.9. The Morgan fingerprint density at radius 3 is 2.64 bits per heavy atom. The minimum Gasteiger partial charge on any atom is -0.477 e. The van der Waals surface area contributed by atoms with Crippen LogP contribution in [0.15, 0.2) is 65.7 Å². The summed E-state index contributed by atoms with van der Waals surface area (Å²) in [7, 11) is -3.66. The van der Waals surface area contributed by atoms with Crippen molar-refractivity contribution >= 4 is 38.0 Å². The fraction of sp³-hybridized carbons (Fsp3) is 0.0952. The van der Waals surface area contributed by atoms with Gasteiger partial charge in [0.25, 0.3) is 0 Å². The fourth-order valence-corrected chi connectivity index (χ4v) is 6.00. The van der Waals surface area contributed by atoms with Crippen LogP contribution in [0, 0.1) is 6.92 Å². The molecule has 0 atom stereocenters. The summed E-state index contributed by atoms with van der Waals surface area (Å²) in [6, 6.07) is 16.1. The predicted octanol–water partition coefficient (Wildman–Crippen LogP) is 4.88. The Bertz CT molecular complexity index is 1300. The van der Waals surface area contributed by atoms with Crippen molar-refractivity contribution in [2.24, 2.45) is 0 Å². The molecule has 4 aromatic rings. The van der Waals surface area contributed by atoms with Gasteiger partial charge in [-0.3, -0.25) is 0 Å². The highest BCUT2D eigenvalue weighted by atomic mass is 32.2. The van der Waals surface area contributed by atoms with Crippen molar-refractivity contribution in [3.63, 3.8) is 0 Å². The molecule has 0 fully saturated rings. The summed E-state index contributed by atoms with van der Waals surface area (Å²) >= 11 is 1.10. The molecule has 7 heteroatoms. The maximum absolute atomic E-state index is 12.9. The summed E-state index contributed by atoms with van der Waals surface area (Å²) in [5.74, 6) is -1.46. The van der Waals surface area contributed by atoms with E-state index < -0.39 is 15.8 Å². The van der Waals surface area contributed by atoms with Gasteiger partial charge in [0.1, 0.15) is 4.88 Å². The third kappa shape index (κ3) is 3.34. The molecule has 0 spiro atoms. The monoisotopic (exact) mass is 411 g/mol. The summed E-state index contributed by atoms with van der Waals surface area (Å²) in [6.07, 6.45) is 1.84. The smallest absolute Gasteiger partial charge is 0.346 e. The van der Waals surface area contributed by atoms with Crippen molar-refractivity contribution in [2.75, 3.05) is 0 Å². The Morgan fingerprint density at radius 1 is 1.11 bits per heavy atom. The maximum Gasteiger partial charge on any atom is 0.346 e. The first kappa shape index (κ1) is 18.5. The molecule has 0 aliphatic carbocycles. The normalized spacial score (nSPS) is 11.8. The highest BCUT2D eigenvalue weighted by molar-refractivity contribution is 7.90. The lowest BCUT2D eigenvalue weighted by molar-refractivity contribution is 0.0701. The first-order chi connectivity index (χ1) is 13.3. The molecule has 5 nitrogen and oxygen atoms in total. The van der Waals surface area contributed by atoms with Crippen molar-refractivity contribution in [1.29, 1.82) is 0 Å². The quantitative estimate of drug-likeness (QED) is 0.490. The topological polar surface area (TPSA) is 87.2 Å². The van der Waals surface area contributed by atoms with Gasteiger partial charge in [0.2, 0.25) is 0 Å². The molecular formula is C21H17NO4S2. The first-order valence-electron chi connectivity index (χ1n) is 8.57. The van der Waals surface area contributed by atoms with Gasteiger partial charge in [-0.15, -0.1) is 11.3 Å². The molecule has 2 heterocycles. The van der Waals surface area contributed by atoms with E-state index in [4.69, 9.17) is 0 Å². The number of carboxylic acids is 1. The average Bonchev–Trinajstić information content (AvgIpc) is 3.27. The zero-order chi connectivity index (χ0) is 19.9. The number of aryl methyl sites for hydroxylation is 1. The second-order valence-corrected chi connectivity index (χ2v) is 9.58. The second-order valence-electron chi connectivity index (χ2n) is 6.57. The lowest BCUT2D eigenvalue weighted by Gasteiger charge is -2.07. The molecular weight excluding hydrogens is 394 g/mol. The number of carbonyl (C=O) groups is 1. The average molecular weight is 412 g/mol. The van der Waals surface area contributed by atoms with E-state index in [9.17, 15) is 18.3 Å². The molecule has 0 bridgehead atoms. The van der Waals surface area contributed by atoms with Gasteiger partial charge in [-0.25, -0.2) is 13.2 Å². The van der Waals surface area contributed by atoms with Gasteiger partial charge in [0.15, 0.2) is 9.84 Å². The third-order valence-electron chi connectivity index (χ3n) is 4.62. The Balaban J connectivity index is 1.77. The van der Waals surface area contributed by atoms with Gasteiger partial charge < -0.3 is 10.1 Å². The van der Waals surface area contributed by atoms with Gasteiger partial charge in [0, 0.05) is 16.6 Å². The zero-order valence-corrected chi connectivity index (χ0v) is 16.6. The van der Waals surface area contributed by atoms with Crippen molar-refractivity contribution in [3.8, 4) is 10.4 Å².